The molecule has 2 heterocycles. The van der Waals surface area contributed by atoms with E-state index in [0.717, 1.165) is 17.7 Å². The summed E-state index contributed by atoms with van der Waals surface area (Å²) in [5.74, 6) is -0.644. The van der Waals surface area contributed by atoms with Gasteiger partial charge in [0.1, 0.15) is 6.61 Å². The molecule has 13 heteroatoms. The number of carbonyl (C=O) groups is 2. The minimum absolute atomic E-state index is 0.0257. The third kappa shape index (κ3) is 7.24. The normalized spacial score (nSPS) is 23.5. The first kappa shape index (κ1) is 31.6. The summed E-state index contributed by atoms with van der Waals surface area (Å²) in [5.41, 5.74) is -0.791. The third-order valence-electron chi connectivity index (χ3n) is 7.49. The number of alkyl halides is 3. The Kier molecular flexibility index (Phi) is 10.4. The number of amides is 2. The van der Waals surface area contributed by atoms with Crippen LogP contribution in [0.2, 0.25) is 0 Å². The molecule has 2 fully saturated rings. The molecular weight excluding hydrogens is 552 g/mol. The highest BCUT2D eigenvalue weighted by atomic mass is 31.1. The molecule has 40 heavy (non-hydrogen) atoms. The molecule has 2 aromatic carbocycles. The zero-order chi connectivity index (χ0) is 29.6. The molecule has 0 bridgehead atoms. The molecule has 0 saturated carbocycles. The van der Waals surface area contributed by atoms with Gasteiger partial charge in [0.05, 0.1) is 38.0 Å². The van der Waals surface area contributed by atoms with Crippen molar-refractivity contribution >= 4 is 20.5 Å². The molecule has 2 amide bonds. The highest BCUT2D eigenvalue weighted by Gasteiger charge is 2.53. The van der Waals surface area contributed by atoms with Crippen molar-refractivity contribution in [2.24, 2.45) is 0 Å². The summed E-state index contributed by atoms with van der Waals surface area (Å²) >= 11 is 0. The second-order valence-corrected chi connectivity index (χ2v) is 10.3. The Morgan fingerprint density at radius 3 is 2.42 bits per heavy atom. The summed E-state index contributed by atoms with van der Waals surface area (Å²) in [6.45, 7) is 2.71. The van der Waals surface area contributed by atoms with Crippen LogP contribution in [0.3, 0.4) is 0 Å². The number of nitrogens with zero attached hydrogens (tertiary/aromatic N) is 1. The van der Waals surface area contributed by atoms with Crippen LogP contribution in [0.25, 0.3) is 0 Å². The van der Waals surface area contributed by atoms with Gasteiger partial charge in [-0.1, -0.05) is 42.0 Å². The minimum Gasteiger partial charge on any atom is -0.772 e. The topological polar surface area (TPSA) is 131 Å². The molecular formula is C27H30F3N2O7P-2. The number of likely N-dealkylation sites (tertiary alicyclic amines) is 1. The largest absolute Gasteiger partial charge is 0.772 e. The van der Waals surface area contributed by atoms with Crippen LogP contribution in [0.15, 0.2) is 48.5 Å². The molecule has 1 spiro atoms. The zero-order valence-electron chi connectivity index (χ0n) is 22.0. The number of hydrogen-bond donors (Lipinski definition) is 1. The number of nitrogens with one attached hydrogen (secondary N) is 1. The lowest BCUT2D eigenvalue weighted by Gasteiger charge is -2.53. The van der Waals surface area contributed by atoms with Crippen molar-refractivity contribution in [3.63, 3.8) is 0 Å². The molecule has 0 unspecified atom stereocenters. The van der Waals surface area contributed by atoms with Crippen molar-refractivity contribution in [1.29, 1.82) is 0 Å². The van der Waals surface area contributed by atoms with E-state index in [1.165, 1.54) is 0 Å². The lowest BCUT2D eigenvalue weighted by molar-refractivity contribution is -0.685. The Bertz CT molecular complexity index is 1200. The van der Waals surface area contributed by atoms with Crippen LogP contribution in [0, 0.1) is 6.92 Å². The number of halogens is 3. The van der Waals surface area contributed by atoms with Gasteiger partial charge in [0.2, 0.25) is 11.8 Å². The average Bonchev–Trinajstić information content (AvgIpc) is 3.28. The molecule has 0 aliphatic carbocycles. The standard InChI is InChI=1S/C27H31F3N2O5.HO2P/c1-18-12-20(14-22(13-18)27(28,29)30)19(2)36-17-26(21-6-4-3-5-7-21)11-10-25(9-8-23(33)31-25)16-32(26)24(34)15-37-35;1-3-2/h3-7,12-14,19,35H,8-11,15-17H2,1-2H3,(H,31,33);(H,1,2)/p-2/t19-,25-,26-;/m1./s1. The van der Waals surface area contributed by atoms with E-state index in [2.05, 4.69) is 10.2 Å². The van der Waals surface area contributed by atoms with Crippen LogP contribution in [0.4, 0.5) is 13.2 Å². The maximum absolute atomic E-state index is 13.4. The van der Waals surface area contributed by atoms with E-state index in [0.29, 0.717) is 36.8 Å². The van der Waals surface area contributed by atoms with E-state index in [1.54, 1.807) is 24.8 Å². The smallest absolute Gasteiger partial charge is 0.416 e. The fraction of sp³-hybridized carbons (Fsp3) is 0.481. The second-order valence-electron chi connectivity index (χ2n) is 10.1. The molecule has 1 N–H and O–H groups in total. The van der Waals surface area contributed by atoms with Crippen molar-refractivity contribution in [3.8, 4) is 0 Å². The molecule has 0 radical (unpaired) electrons. The van der Waals surface area contributed by atoms with Gasteiger partial charge in [0, 0.05) is 13.0 Å². The van der Waals surface area contributed by atoms with E-state index in [1.807, 2.05) is 30.3 Å². The van der Waals surface area contributed by atoms with Crippen LogP contribution >= 0.6 is 8.69 Å². The molecule has 0 aromatic heterocycles. The van der Waals surface area contributed by atoms with Gasteiger partial charge < -0.3 is 30.0 Å². The number of hydrogen-bond acceptors (Lipinski definition) is 7. The molecule has 218 valence electrons. The predicted octanol–water partition coefficient (Wildman–Crippen LogP) is 3.10. The van der Waals surface area contributed by atoms with Crippen LogP contribution in [0.5, 0.6) is 0 Å². The number of carbonyl (C=O) groups excluding carboxylic acids is 2. The van der Waals surface area contributed by atoms with Gasteiger partial charge in [0.25, 0.3) is 0 Å². The summed E-state index contributed by atoms with van der Waals surface area (Å²) in [6.07, 6.45) is -3.32. The fourth-order valence-electron chi connectivity index (χ4n) is 5.50. The van der Waals surface area contributed by atoms with Gasteiger partial charge in [-0.15, -0.1) is 0 Å². The molecule has 2 aliphatic rings. The average molecular weight is 583 g/mol. The summed E-state index contributed by atoms with van der Waals surface area (Å²) in [5, 5.41) is 14.0. The van der Waals surface area contributed by atoms with Crippen LogP contribution in [0.1, 0.15) is 61.0 Å². The Morgan fingerprint density at radius 2 is 1.85 bits per heavy atom. The van der Waals surface area contributed by atoms with Gasteiger partial charge in [-0.2, -0.15) is 13.2 Å². The number of benzene rings is 2. The van der Waals surface area contributed by atoms with Crippen LogP contribution < -0.4 is 15.5 Å². The number of ether oxygens (including phenoxy) is 1. The molecule has 2 aromatic rings. The Labute approximate surface area is 231 Å². The van der Waals surface area contributed by atoms with Gasteiger partial charge in [-0.3, -0.25) is 14.2 Å². The lowest BCUT2D eigenvalue weighted by Crippen LogP contribution is -2.65. The Balaban J connectivity index is 0.00000141. The van der Waals surface area contributed by atoms with Gasteiger partial charge in [-0.05, 0) is 56.4 Å². The van der Waals surface area contributed by atoms with Crippen LogP contribution in [-0.4, -0.2) is 42.0 Å². The second kappa shape index (κ2) is 13.2. The third-order valence-corrected chi connectivity index (χ3v) is 7.49. The summed E-state index contributed by atoms with van der Waals surface area (Å²) in [7, 11) is -1.08. The van der Waals surface area contributed by atoms with Gasteiger partial charge in [-0.25, -0.2) is 0 Å². The van der Waals surface area contributed by atoms with Crippen LogP contribution in [-0.2, 0) is 35.5 Å². The molecule has 2 aliphatic heterocycles. The first-order valence-corrected chi connectivity index (χ1v) is 13.3. The zero-order valence-corrected chi connectivity index (χ0v) is 22.9. The van der Waals surface area contributed by atoms with Crippen molar-refractivity contribution in [3.05, 3.63) is 70.8 Å². The van der Waals surface area contributed by atoms with E-state index in [4.69, 9.17) is 14.2 Å². The minimum atomic E-state index is -4.49. The van der Waals surface area contributed by atoms with Crippen molar-refractivity contribution in [2.75, 3.05) is 19.8 Å². The number of piperidine rings is 1. The Morgan fingerprint density at radius 1 is 1.18 bits per heavy atom. The number of rotatable bonds is 7. The van der Waals surface area contributed by atoms with Crippen molar-refractivity contribution in [1.82, 2.24) is 10.2 Å². The van der Waals surface area contributed by atoms with E-state index in [9.17, 15) is 28.0 Å². The van der Waals surface area contributed by atoms with E-state index >= 15 is 0 Å². The fourth-order valence-corrected chi connectivity index (χ4v) is 5.50. The maximum atomic E-state index is 13.4. The van der Waals surface area contributed by atoms with Gasteiger partial charge >= 0.3 is 6.18 Å². The quantitative estimate of drug-likeness (QED) is 0.302. The molecule has 9 nitrogen and oxygen atoms in total. The summed E-state index contributed by atoms with van der Waals surface area (Å²) in [6, 6.07) is 13.0. The summed E-state index contributed by atoms with van der Waals surface area (Å²) < 4.78 is 54.8. The van der Waals surface area contributed by atoms with E-state index < -0.39 is 50.1 Å². The van der Waals surface area contributed by atoms with Crippen molar-refractivity contribution < 1.29 is 47.1 Å². The molecule has 2 saturated heterocycles. The highest BCUT2D eigenvalue weighted by Crippen LogP contribution is 2.45. The van der Waals surface area contributed by atoms with E-state index in [-0.39, 0.29) is 19.1 Å². The monoisotopic (exact) mass is 582 g/mol. The first-order valence-electron chi connectivity index (χ1n) is 12.6. The number of aryl methyl sites for hydroxylation is 1. The Hall–Kier alpha value is -2.89. The van der Waals surface area contributed by atoms with Gasteiger partial charge in [0.15, 0.2) is 0 Å². The summed E-state index contributed by atoms with van der Waals surface area (Å²) in [4.78, 5) is 39.1. The maximum Gasteiger partial charge on any atom is 0.416 e. The van der Waals surface area contributed by atoms with Crippen molar-refractivity contribution in [2.45, 2.75) is 62.9 Å². The SMILES string of the molecule is Cc1cc([C@@H](C)OC[C@@]2(c3ccccc3)CC[C@]3(CCC(=O)N3)CN2C(=O)CO[O-])cc(C(F)(F)F)c1.O=P[O-]. The first-order chi connectivity index (χ1) is 18.9. The predicted molar refractivity (Wildman–Crippen MR) is 133 cm³/mol. The lowest BCUT2D eigenvalue weighted by atomic mass is 9.74. The molecule has 3 atom stereocenters. The molecule has 4 rings (SSSR count). The highest BCUT2D eigenvalue weighted by molar-refractivity contribution is 7.14.